The van der Waals surface area contributed by atoms with E-state index in [9.17, 15) is 14.7 Å². The summed E-state index contributed by atoms with van der Waals surface area (Å²) in [6.07, 6.45) is 26.5. The van der Waals surface area contributed by atoms with Crippen LogP contribution in [0.25, 0.3) is 11.2 Å². The number of nitrogens with two attached hydrogens (primary N) is 1. The molecular weight excluding hydrogens is 518 g/mol. The fourth-order valence-corrected chi connectivity index (χ4v) is 5.40. The third-order valence-electron chi connectivity index (χ3n) is 7.91. The molecule has 0 saturated heterocycles. The van der Waals surface area contributed by atoms with Crippen LogP contribution in [0.4, 0.5) is 5.95 Å². The summed E-state index contributed by atoms with van der Waals surface area (Å²) in [7, 11) is 0. The van der Waals surface area contributed by atoms with Crippen LogP contribution in [-0.4, -0.2) is 44.2 Å². The normalized spacial score (nSPS) is 12.2. The lowest BCUT2D eigenvalue weighted by atomic mass is 10.0. The number of unbranched alkanes of at least 4 members (excludes halogenated alkanes) is 18. The monoisotopic (exact) mass is 575 g/mol. The number of H-pyrrole nitrogens is 2. The number of aromatic amines is 2. The van der Waals surface area contributed by atoms with Gasteiger partial charge in [-0.3, -0.25) is 14.6 Å². The number of imidazole rings is 1. The Kier molecular flexibility index (Phi) is 18.8. The molecule has 2 aromatic rings. The number of aliphatic hydroxyl groups is 1. The summed E-state index contributed by atoms with van der Waals surface area (Å²) in [4.78, 5) is 38.0. The summed E-state index contributed by atoms with van der Waals surface area (Å²) >= 11 is 0. The first-order chi connectivity index (χ1) is 20.0. The number of hydrogen-bond donors (Lipinski definition) is 4. The van der Waals surface area contributed by atoms with Gasteiger partial charge in [0.2, 0.25) is 5.95 Å². The van der Waals surface area contributed by atoms with Crippen molar-refractivity contribution in [2.75, 3.05) is 18.9 Å². The molecule has 0 fully saturated rings. The second-order valence-corrected chi connectivity index (χ2v) is 11.7. The molecule has 1 unspecified atom stereocenters. The van der Waals surface area contributed by atoms with Crippen LogP contribution in [0.1, 0.15) is 148 Å². The molecule has 9 nitrogen and oxygen atoms in total. The van der Waals surface area contributed by atoms with Crippen LogP contribution in [0.2, 0.25) is 0 Å². The first kappa shape index (κ1) is 34.8. The Labute approximate surface area is 246 Å². The molecule has 0 spiro atoms. The van der Waals surface area contributed by atoms with Gasteiger partial charge >= 0.3 is 5.97 Å². The molecule has 0 saturated carbocycles. The Balaban J connectivity index is 1.42. The minimum absolute atomic E-state index is 0.0104. The van der Waals surface area contributed by atoms with E-state index < -0.39 is 0 Å². The number of aromatic nitrogens is 4. The third kappa shape index (κ3) is 16.0. The average Bonchev–Trinajstić information content (AvgIpc) is 3.35. The molecule has 2 aromatic heterocycles. The molecule has 234 valence electrons. The van der Waals surface area contributed by atoms with E-state index in [0.29, 0.717) is 25.1 Å². The second-order valence-electron chi connectivity index (χ2n) is 11.7. The summed E-state index contributed by atoms with van der Waals surface area (Å²) < 4.78 is 5.49. The number of rotatable bonds is 26. The fraction of sp³-hybridized carbons (Fsp3) is 0.812. The lowest BCUT2D eigenvalue weighted by Gasteiger charge is -2.14. The minimum Gasteiger partial charge on any atom is -0.465 e. The maximum Gasteiger partial charge on any atom is 0.305 e. The quantitative estimate of drug-likeness (QED) is 0.0688. The van der Waals surface area contributed by atoms with Crippen molar-refractivity contribution < 1.29 is 14.6 Å². The Bertz CT molecular complexity index is 1010. The maximum absolute atomic E-state index is 12.2. The Morgan fingerprint density at radius 2 is 1.32 bits per heavy atom. The number of fused-ring (bicyclic) bond motifs is 1. The van der Waals surface area contributed by atoms with Crippen molar-refractivity contribution in [2.24, 2.45) is 5.92 Å². The van der Waals surface area contributed by atoms with E-state index in [1.54, 1.807) is 0 Å². The van der Waals surface area contributed by atoms with E-state index in [-0.39, 0.29) is 47.8 Å². The van der Waals surface area contributed by atoms with Gasteiger partial charge in [-0.15, -0.1) is 0 Å². The largest absolute Gasteiger partial charge is 0.465 e. The van der Waals surface area contributed by atoms with Crippen LogP contribution in [0.5, 0.6) is 0 Å². The van der Waals surface area contributed by atoms with E-state index >= 15 is 0 Å². The van der Waals surface area contributed by atoms with Gasteiger partial charge in [0.05, 0.1) is 6.61 Å². The number of hydrogen-bond acceptors (Lipinski definition) is 7. The number of nitrogen functional groups attached to an aromatic ring is 1. The Morgan fingerprint density at radius 1 is 0.805 bits per heavy atom. The fourth-order valence-electron chi connectivity index (χ4n) is 5.40. The highest BCUT2D eigenvalue weighted by Gasteiger charge is 2.16. The molecule has 1 atom stereocenters. The predicted molar refractivity (Wildman–Crippen MR) is 167 cm³/mol. The number of aliphatic hydroxyl groups excluding tert-OH is 1. The van der Waals surface area contributed by atoms with Crippen molar-refractivity contribution >= 4 is 23.1 Å². The van der Waals surface area contributed by atoms with E-state index in [1.807, 2.05) is 0 Å². The Morgan fingerprint density at radius 3 is 1.83 bits per heavy atom. The van der Waals surface area contributed by atoms with Crippen molar-refractivity contribution in [3.8, 4) is 0 Å². The van der Waals surface area contributed by atoms with Gasteiger partial charge in [-0.1, -0.05) is 122 Å². The standard InChI is InChI=1S/C32H57N5O4/c1-2-3-4-5-6-7-8-9-10-11-12-13-14-15-16-17-18-19-20-21-28(39)41-25-26(22-23-38)24-27-34-29-30(35-27)36-32(33)37-31(29)40/h26,38H,2-25H2,1H3,(H4,33,34,35,36,37,40). The molecular formula is C32H57N5O4. The Hall–Kier alpha value is -2.42. The summed E-state index contributed by atoms with van der Waals surface area (Å²) in [6.45, 7) is 2.47. The van der Waals surface area contributed by atoms with Crippen molar-refractivity contribution in [1.29, 1.82) is 0 Å². The van der Waals surface area contributed by atoms with E-state index in [0.717, 1.165) is 12.8 Å². The zero-order valence-electron chi connectivity index (χ0n) is 25.7. The predicted octanol–water partition coefficient (Wildman–Crippen LogP) is 7.13. The van der Waals surface area contributed by atoms with Gasteiger partial charge in [-0.2, -0.15) is 4.98 Å². The van der Waals surface area contributed by atoms with Crippen LogP contribution in [0.3, 0.4) is 0 Å². The lowest BCUT2D eigenvalue weighted by Crippen LogP contribution is -2.18. The molecule has 41 heavy (non-hydrogen) atoms. The number of carbonyl (C=O) groups is 1. The topological polar surface area (TPSA) is 147 Å². The molecule has 2 rings (SSSR count). The van der Waals surface area contributed by atoms with Gasteiger partial charge in [-0.05, 0) is 12.8 Å². The SMILES string of the molecule is CCCCCCCCCCCCCCCCCCCCCC(=O)OCC(CCO)Cc1nc2nc(N)[nH]c(=O)c2[nH]1. The van der Waals surface area contributed by atoms with Crippen LogP contribution >= 0.6 is 0 Å². The highest BCUT2D eigenvalue weighted by Crippen LogP contribution is 2.16. The highest BCUT2D eigenvalue weighted by atomic mass is 16.5. The third-order valence-corrected chi connectivity index (χ3v) is 7.91. The van der Waals surface area contributed by atoms with Gasteiger partial charge in [0.1, 0.15) is 5.82 Å². The average molecular weight is 576 g/mol. The molecule has 0 aliphatic rings. The van der Waals surface area contributed by atoms with E-state index in [2.05, 4.69) is 26.9 Å². The number of esters is 1. The molecule has 5 N–H and O–H groups in total. The summed E-state index contributed by atoms with van der Waals surface area (Å²) in [6, 6.07) is 0. The zero-order valence-corrected chi connectivity index (χ0v) is 25.7. The van der Waals surface area contributed by atoms with E-state index in [1.165, 1.54) is 109 Å². The second kappa shape index (κ2) is 22.2. The van der Waals surface area contributed by atoms with Crippen LogP contribution in [0.15, 0.2) is 4.79 Å². The van der Waals surface area contributed by atoms with Crippen molar-refractivity contribution in [2.45, 2.75) is 148 Å². The van der Waals surface area contributed by atoms with Crippen molar-refractivity contribution in [3.63, 3.8) is 0 Å². The van der Waals surface area contributed by atoms with Crippen LogP contribution < -0.4 is 11.3 Å². The molecule has 0 radical (unpaired) electrons. The van der Waals surface area contributed by atoms with Gasteiger partial charge in [0, 0.05) is 25.4 Å². The molecule has 0 aliphatic carbocycles. The molecule has 0 bridgehead atoms. The summed E-state index contributed by atoms with van der Waals surface area (Å²) in [5.74, 6) is 0.259. The van der Waals surface area contributed by atoms with Crippen molar-refractivity contribution in [3.05, 3.63) is 16.2 Å². The van der Waals surface area contributed by atoms with E-state index in [4.69, 9.17) is 10.5 Å². The maximum atomic E-state index is 12.2. The van der Waals surface area contributed by atoms with Gasteiger partial charge < -0.3 is 20.6 Å². The summed E-state index contributed by atoms with van der Waals surface area (Å²) in [5.41, 5.74) is 5.72. The molecule has 2 heterocycles. The van der Waals surface area contributed by atoms with Crippen LogP contribution in [0, 0.1) is 5.92 Å². The zero-order chi connectivity index (χ0) is 29.5. The van der Waals surface area contributed by atoms with Crippen LogP contribution in [-0.2, 0) is 16.0 Å². The number of nitrogens with zero attached hydrogens (tertiary/aromatic N) is 2. The molecule has 9 heteroatoms. The lowest BCUT2D eigenvalue weighted by molar-refractivity contribution is -0.145. The molecule has 0 amide bonds. The number of ether oxygens (including phenoxy) is 1. The van der Waals surface area contributed by atoms with Crippen molar-refractivity contribution in [1.82, 2.24) is 19.9 Å². The first-order valence-electron chi connectivity index (χ1n) is 16.5. The van der Waals surface area contributed by atoms with Gasteiger partial charge in [0.15, 0.2) is 11.2 Å². The highest BCUT2D eigenvalue weighted by molar-refractivity contribution is 5.70. The smallest absolute Gasteiger partial charge is 0.305 e. The first-order valence-corrected chi connectivity index (χ1v) is 16.5. The summed E-state index contributed by atoms with van der Waals surface area (Å²) in [5, 5.41) is 9.42. The minimum atomic E-state index is -0.379. The number of nitrogens with one attached hydrogen (secondary N) is 2. The van der Waals surface area contributed by atoms with Gasteiger partial charge in [0.25, 0.3) is 5.56 Å². The molecule has 0 aliphatic heterocycles. The van der Waals surface area contributed by atoms with Gasteiger partial charge in [-0.25, -0.2) is 4.98 Å². The molecule has 0 aromatic carbocycles. The number of anilines is 1. The number of carbonyl (C=O) groups excluding carboxylic acids is 1.